The highest BCUT2D eigenvalue weighted by atomic mass is 35.5. The zero-order chi connectivity index (χ0) is 25.4. The summed E-state index contributed by atoms with van der Waals surface area (Å²) in [7, 11) is 0. The molecule has 35 heavy (non-hydrogen) atoms. The van der Waals surface area contributed by atoms with Crippen LogP contribution in [-0.2, 0) is 14.3 Å². The zero-order valence-electron chi connectivity index (χ0n) is 19.8. The quantitative estimate of drug-likeness (QED) is 0.365. The second-order valence-electron chi connectivity index (χ2n) is 7.38. The van der Waals surface area contributed by atoms with Crippen molar-refractivity contribution < 1.29 is 28.5 Å². The monoisotopic (exact) mass is 498 g/mol. The Morgan fingerprint density at radius 2 is 1.77 bits per heavy atom. The fourth-order valence-electron chi connectivity index (χ4n) is 3.64. The molecule has 0 aromatic heterocycles. The summed E-state index contributed by atoms with van der Waals surface area (Å²) in [6, 6.07) is 14.4. The van der Waals surface area contributed by atoms with E-state index >= 15 is 0 Å². The van der Waals surface area contributed by atoms with Crippen molar-refractivity contribution in [2.24, 2.45) is 5.73 Å². The van der Waals surface area contributed by atoms with Crippen LogP contribution in [0.3, 0.4) is 0 Å². The third kappa shape index (κ3) is 6.00. The van der Waals surface area contributed by atoms with Gasteiger partial charge in [-0.1, -0.05) is 29.8 Å². The molecule has 3 rings (SSSR count). The van der Waals surface area contributed by atoms with Crippen LogP contribution in [0.5, 0.6) is 17.2 Å². The molecule has 0 amide bonds. The highest BCUT2D eigenvalue weighted by molar-refractivity contribution is 6.32. The van der Waals surface area contributed by atoms with Gasteiger partial charge in [0.2, 0.25) is 5.88 Å². The highest BCUT2D eigenvalue weighted by Gasteiger charge is 2.36. The molecule has 1 atom stereocenters. The summed E-state index contributed by atoms with van der Waals surface area (Å²) < 4.78 is 28.0. The average Bonchev–Trinajstić information content (AvgIpc) is 2.83. The van der Waals surface area contributed by atoms with Gasteiger partial charge >= 0.3 is 5.97 Å². The Hall–Kier alpha value is -3.83. The van der Waals surface area contributed by atoms with Crippen molar-refractivity contribution >= 4 is 17.6 Å². The molecule has 2 aromatic rings. The molecule has 0 aliphatic carbocycles. The van der Waals surface area contributed by atoms with E-state index in [1.54, 1.807) is 44.2 Å². The Balaban J connectivity index is 1.86. The molecule has 8 nitrogen and oxygen atoms in total. The van der Waals surface area contributed by atoms with Crippen molar-refractivity contribution in [1.29, 1.82) is 5.26 Å². The number of rotatable bonds is 10. The molecule has 0 fully saturated rings. The van der Waals surface area contributed by atoms with Gasteiger partial charge in [0.1, 0.15) is 36.4 Å². The van der Waals surface area contributed by atoms with Crippen molar-refractivity contribution in [3.8, 4) is 23.3 Å². The molecule has 0 saturated heterocycles. The minimum absolute atomic E-state index is 0.0574. The predicted molar refractivity (Wildman–Crippen MR) is 130 cm³/mol. The molecular formula is C26H27ClN2O6. The van der Waals surface area contributed by atoms with Crippen LogP contribution in [0.1, 0.15) is 32.3 Å². The minimum Gasteiger partial charge on any atom is -0.490 e. The first-order valence-electron chi connectivity index (χ1n) is 11.1. The summed E-state index contributed by atoms with van der Waals surface area (Å²) >= 11 is 6.11. The van der Waals surface area contributed by atoms with Gasteiger partial charge in [-0.15, -0.1) is 0 Å². The Labute approximate surface area is 209 Å². The van der Waals surface area contributed by atoms with E-state index in [0.717, 1.165) is 0 Å². The van der Waals surface area contributed by atoms with E-state index in [1.807, 2.05) is 19.1 Å². The number of carbonyl (C=O) groups is 1. The molecule has 0 radical (unpaired) electrons. The van der Waals surface area contributed by atoms with Crippen molar-refractivity contribution in [3.05, 3.63) is 75.8 Å². The summed E-state index contributed by atoms with van der Waals surface area (Å²) in [4.78, 5) is 12.7. The maximum Gasteiger partial charge on any atom is 0.338 e. The van der Waals surface area contributed by atoms with Crippen LogP contribution in [0, 0.1) is 11.3 Å². The first-order chi connectivity index (χ1) is 16.9. The van der Waals surface area contributed by atoms with Gasteiger partial charge in [-0.05, 0) is 50.6 Å². The van der Waals surface area contributed by atoms with Crippen molar-refractivity contribution in [2.45, 2.75) is 26.7 Å². The third-order valence-electron chi connectivity index (χ3n) is 5.14. The predicted octanol–water partition coefficient (Wildman–Crippen LogP) is 4.84. The van der Waals surface area contributed by atoms with Crippen LogP contribution < -0.4 is 19.9 Å². The molecule has 0 bridgehead atoms. The third-order valence-corrected chi connectivity index (χ3v) is 5.45. The smallest absolute Gasteiger partial charge is 0.338 e. The molecule has 1 heterocycles. The van der Waals surface area contributed by atoms with Crippen LogP contribution in [0.15, 0.2) is 65.3 Å². The number of nitrogens with zero attached hydrogens (tertiary/aromatic N) is 1. The maximum atomic E-state index is 12.7. The molecule has 2 N–H and O–H groups in total. The maximum absolute atomic E-state index is 12.7. The number of allylic oxidation sites excluding steroid dienone is 2. The molecular weight excluding hydrogens is 472 g/mol. The topological polar surface area (TPSA) is 113 Å². The fourth-order valence-corrected chi connectivity index (χ4v) is 3.84. The van der Waals surface area contributed by atoms with Crippen LogP contribution >= 0.6 is 11.6 Å². The number of halogens is 1. The Bertz CT molecular complexity index is 1180. The lowest BCUT2D eigenvalue weighted by Crippen LogP contribution is -2.25. The lowest BCUT2D eigenvalue weighted by atomic mass is 9.83. The van der Waals surface area contributed by atoms with Gasteiger partial charge in [-0.3, -0.25) is 0 Å². The number of benzene rings is 2. The highest BCUT2D eigenvalue weighted by Crippen LogP contribution is 2.42. The van der Waals surface area contributed by atoms with Crippen LogP contribution in [-0.4, -0.2) is 32.4 Å². The number of esters is 1. The number of para-hydroxylation sites is 1. The summed E-state index contributed by atoms with van der Waals surface area (Å²) in [5, 5.41) is 10.3. The normalized spacial score (nSPS) is 15.2. The number of hydrogen-bond acceptors (Lipinski definition) is 8. The van der Waals surface area contributed by atoms with Crippen molar-refractivity contribution in [3.63, 3.8) is 0 Å². The number of nitriles is 1. The molecule has 0 saturated carbocycles. The number of nitrogens with two attached hydrogens (primary N) is 1. The Kier molecular flexibility index (Phi) is 8.87. The zero-order valence-corrected chi connectivity index (χ0v) is 20.6. The van der Waals surface area contributed by atoms with Gasteiger partial charge in [0, 0.05) is 0 Å². The molecule has 184 valence electrons. The van der Waals surface area contributed by atoms with E-state index < -0.39 is 11.9 Å². The molecule has 1 unspecified atom stereocenters. The van der Waals surface area contributed by atoms with E-state index in [-0.39, 0.29) is 42.6 Å². The minimum atomic E-state index is -0.774. The summed E-state index contributed by atoms with van der Waals surface area (Å²) in [6.07, 6.45) is 0. The van der Waals surface area contributed by atoms with Crippen LogP contribution in [0.4, 0.5) is 0 Å². The van der Waals surface area contributed by atoms with E-state index in [9.17, 15) is 10.1 Å². The second-order valence-corrected chi connectivity index (χ2v) is 7.79. The van der Waals surface area contributed by atoms with Crippen LogP contribution in [0.25, 0.3) is 0 Å². The second kappa shape index (κ2) is 12.0. The molecule has 0 spiro atoms. The standard InChI is InChI=1S/C26H27ClN2O6/c1-4-31-22-14-17(10-11-21(22)34-13-12-33-20-9-7-6-8-19(20)27)24-18(15-28)25(29)35-16(3)23(24)26(30)32-5-2/h6-11,14,24H,4-5,12-13,29H2,1-3H3. The van der Waals surface area contributed by atoms with E-state index in [4.69, 9.17) is 41.0 Å². The molecule has 1 aliphatic rings. The summed E-state index contributed by atoms with van der Waals surface area (Å²) in [6.45, 7) is 6.23. The van der Waals surface area contributed by atoms with E-state index in [0.29, 0.717) is 34.4 Å². The fraction of sp³-hybridized carbons (Fsp3) is 0.308. The lowest BCUT2D eigenvalue weighted by molar-refractivity contribution is -0.139. The summed E-state index contributed by atoms with van der Waals surface area (Å²) in [5.74, 6) is 0.373. The Morgan fingerprint density at radius 1 is 1.06 bits per heavy atom. The Morgan fingerprint density at radius 3 is 2.43 bits per heavy atom. The number of carbonyl (C=O) groups excluding carboxylic acids is 1. The van der Waals surface area contributed by atoms with Gasteiger partial charge in [-0.2, -0.15) is 5.26 Å². The SMILES string of the molecule is CCOC(=O)C1=C(C)OC(N)=C(C#N)C1c1ccc(OCCOc2ccccc2Cl)c(OCC)c1. The lowest BCUT2D eigenvalue weighted by Gasteiger charge is -2.27. The number of hydrogen-bond donors (Lipinski definition) is 1. The van der Waals surface area contributed by atoms with Gasteiger partial charge in [0.05, 0.1) is 29.7 Å². The molecule has 9 heteroatoms. The largest absolute Gasteiger partial charge is 0.490 e. The van der Waals surface area contributed by atoms with Crippen LogP contribution in [0.2, 0.25) is 5.02 Å². The average molecular weight is 499 g/mol. The van der Waals surface area contributed by atoms with E-state index in [1.165, 1.54) is 0 Å². The summed E-state index contributed by atoms with van der Waals surface area (Å²) in [5.41, 5.74) is 6.91. The first-order valence-corrected chi connectivity index (χ1v) is 11.5. The van der Waals surface area contributed by atoms with Gasteiger partial charge in [0.25, 0.3) is 0 Å². The van der Waals surface area contributed by atoms with Crippen molar-refractivity contribution in [1.82, 2.24) is 0 Å². The van der Waals surface area contributed by atoms with E-state index in [2.05, 4.69) is 6.07 Å². The number of ether oxygens (including phenoxy) is 5. The van der Waals surface area contributed by atoms with Gasteiger partial charge in [0.15, 0.2) is 11.5 Å². The van der Waals surface area contributed by atoms with Crippen molar-refractivity contribution in [2.75, 3.05) is 26.4 Å². The first kappa shape index (κ1) is 25.8. The molecule has 1 aliphatic heterocycles. The molecule has 2 aromatic carbocycles. The van der Waals surface area contributed by atoms with Gasteiger partial charge < -0.3 is 29.4 Å². The van der Waals surface area contributed by atoms with Gasteiger partial charge in [-0.25, -0.2) is 4.79 Å².